The lowest BCUT2D eigenvalue weighted by atomic mass is 9.66. The second kappa shape index (κ2) is 7.90. The minimum atomic E-state index is -1.68. The number of para-hydroxylation sites is 2. The van der Waals surface area contributed by atoms with Crippen LogP contribution < -0.4 is 4.90 Å². The molecule has 2 fully saturated rings. The maximum atomic E-state index is 11.3. The zero-order valence-electron chi connectivity index (χ0n) is 17.4. The molecule has 0 radical (unpaired) electrons. The number of fused-ring (bicyclic) bond motifs is 1. The number of nitrogens with zero attached hydrogens (tertiary/aromatic N) is 3. The Morgan fingerprint density at radius 3 is 2.38 bits per heavy atom. The number of aliphatic carboxylic acids is 2. The van der Waals surface area contributed by atoms with Crippen LogP contribution in [0.2, 0.25) is 0 Å². The van der Waals surface area contributed by atoms with Gasteiger partial charge < -0.3 is 24.8 Å². The number of hydrogen-bond acceptors (Lipinski definition) is 6. The molecular formula is C23H24N4O5. The minimum Gasteiger partial charge on any atom is -0.480 e. The Morgan fingerprint density at radius 1 is 1.03 bits per heavy atom. The predicted molar refractivity (Wildman–Crippen MR) is 116 cm³/mol. The third-order valence-electron chi connectivity index (χ3n) is 6.53. The molecule has 32 heavy (non-hydrogen) atoms. The monoisotopic (exact) mass is 436 g/mol. The van der Waals surface area contributed by atoms with E-state index in [0.717, 1.165) is 54.2 Å². The van der Waals surface area contributed by atoms with Gasteiger partial charge in [0, 0.05) is 37.7 Å². The van der Waals surface area contributed by atoms with Gasteiger partial charge in [-0.15, -0.1) is 0 Å². The van der Waals surface area contributed by atoms with Gasteiger partial charge in [0.1, 0.15) is 11.6 Å². The van der Waals surface area contributed by atoms with Crippen molar-refractivity contribution in [2.75, 3.05) is 18.0 Å². The van der Waals surface area contributed by atoms with Gasteiger partial charge in [-0.3, -0.25) is 9.59 Å². The molecule has 2 aliphatic rings. The molecule has 1 aromatic carbocycles. The molecule has 0 spiro atoms. The number of carboxylic acids is 2. The molecule has 0 bridgehead atoms. The maximum absolute atomic E-state index is 11.3. The van der Waals surface area contributed by atoms with Crippen LogP contribution in [0.25, 0.3) is 22.4 Å². The van der Waals surface area contributed by atoms with Crippen molar-refractivity contribution >= 4 is 28.8 Å². The van der Waals surface area contributed by atoms with Crippen molar-refractivity contribution in [3.63, 3.8) is 0 Å². The first-order valence-corrected chi connectivity index (χ1v) is 10.7. The van der Waals surface area contributed by atoms with Gasteiger partial charge >= 0.3 is 11.9 Å². The number of benzene rings is 1. The number of rotatable bonds is 6. The highest BCUT2D eigenvalue weighted by Crippen LogP contribution is 2.44. The number of piperidine rings is 1. The molecule has 1 saturated carbocycles. The fourth-order valence-electron chi connectivity index (χ4n) is 4.55. The average molecular weight is 436 g/mol. The van der Waals surface area contributed by atoms with Crippen molar-refractivity contribution in [3.8, 4) is 11.4 Å². The number of carboxylic acid groups (broad SMARTS) is 2. The molecule has 9 nitrogen and oxygen atoms in total. The summed E-state index contributed by atoms with van der Waals surface area (Å²) >= 11 is 0. The lowest BCUT2D eigenvalue weighted by molar-refractivity contribution is -0.189. The topological polar surface area (TPSA) is 129 Å². The summed E-state index contributed by atoms with van der Waals surface area (Å²) in [6.07, 6.45) is 3.16. The molecule has 0 atom stereocenters. The van der Waals surface area contributed by atoms with Crippen LogP contribution in [0.5, 0.6) is 0 Å². The number of anilines is 1. The number of ether oxygens (including phenoxy) is 1. The van der Waals surface area contributed by atoms with E-state index in [-0.39, 0.29) is 25.0 Å². The summed E-state index contributed by atoms with van der Waals surface area (Å²) in [6.45, 7) is 1.55. The highest BCUT2D eigenvalue weighted by Gasteiger charge is 2.57. The van der Waals surface area contributed by atoms with E-state index in [1.165, 1.54) is 0 Å². The van der Waals surface area contributed by atoms with Crippen molar-refractivity contribution < 1.29 is 24.5 Å². The van der Waals surface area contributed by atoms with Gasteiger partial charge in [-0.05, 0) is 37.1 Å². The Kier molecular flexibility index (Phi) is 5.05. The van der Waals surface area contributed by atoms with E-state index in [4.69, 9.17) is 4.74 Å². The van der Waals surface area contributed by atoms with E-state index in [0.29, 0.717) is 0 Å². The van der Waals surface area contributed by atoms with Crippen LogP contribution in [0.15, 0.2) is 42.6 Å². The first-order valence-electron chi connectivity index (χ1n) is 10.7. The van der Waals surface area contributed by atoms with Crippen LogP contribution in [0.1, 0.15) is 25.7 Å². The molecule has 1 saturated heterocycles. The summed E-state index contributed by atoms with van der Waals surface area (Å²) in [6, 6.07) is 11.9. The van der Waals surface area contributed by atoms with Crippen molar-refractivity contribution in [1.29, 1.82) is 0 Å². The van der Waals surface area contributed by atoms with E-state index >= 15 is 0 Å². The Balaban J connectivity index is 1.15. The molecule has 5 rings (SSSR count). The van der Waals surface area contributed by atoms with Gasteiger partial charge in [0.2, 0.25) is 0 Å². The molecular weight excluding hydrogens is 412 g/mol. The number of carbonyl (C=O) groups is 2. The molecule has 3 heterocycles. The zero-order valence-corrected chi connectivity index (χ0v) is 17.4. The van der Waals surface area contributed by atoms with Crippen LogP contribution in [0, 0.1) is 5.41 Å². The lowest BCUT2D eigenvalue weighted by Crippen LogP contribution is -2.54. The summed E-state index contributed by atoms with van der Waals surface area (Å²) < 4.78 is 5.99. The highest BCUT2D eigenvalue weighted by atomic mass is 16.5. The normalized spacial score (nSPS) is 19.1. The molecule has 1 aliphatic heterocycles. The van der Waals surface area contributed by atoms with Gasteiger partial charge in [-0.25, -0.2) is 9.97 Å². The van der Waals surface area contributed by atoms with E-state index in [2.05, 4.69) is 19.9 Å². The SMILES string of the molecule is O=C(O)C1(C(=O)O)CC(OC2CCN(c3ccc(-c4nc5ccccc5[nH]4)cn3)CC2)C1. The molecule has 166 valence electrons. The fraction of sp³-hybridized carbons (Fsp3) is 0.391. The second-order valence-electron chi connectivity index (χ2n) is 8.55. The van der Waals surface area contributed by atoms with E-state index in [1.807, 2.05) is 42.6 Å². The summed E-state index contributed by atoms with van der Waals surface area (Å²) in [5.74, 6) is -0.881. The summed E-state index contributed by atoms with van der Waals surface area (Å²) in [5.41, 5.74) is 1.15. The van der Waals surface area contributed by atoms with E-state index < -0.39 is 17.4 Å². The number of hydrogen-bond donors (Lipinski definition) is 3. The fourth-order valence-corrected chi connectivity index (χ4v) is 4.55. The number of H-pyrrole nitrogens is 1. The third kappa shape index (κ3) is 3.58. The number of imidazole rings is 1. The zero-order chi connectivity index (χ0) is 22.3. The number of pyridine rings is 1. The molecule has 0 amide bonds. The number of nitrogens with one attached hydrogen (secondary N) is 1. The standard InChI is InChI=1S/C23H24N4O5/c28-21(29)23(22(30)31)11-16(12-23)32-15-7-9-27(10-8-15)19-6-5-14(13-24-19)20-25-17-3-1-2-4-18(17)26-20/h1-6,13,15-16H,7-12H2,(H,25,26)(H,28,29)(H,30,31). The second-order valence-corrected chi connectivity index (χ2v) is 8.55. The van der Waals surface area contributed by atoms with Crippen molar-refractivity contribution in [3.05, 3.63) is 42.6 Å². The first-order chi connectivity index (χ1) is 15.4. The van der Waals surface area contributed by atoms with Crippen LogP contribution in [-0.4, -0.2) is 62.4 Å². The average Bonchev–Trinajstić information content (AvgIpc) is 3.20. The molecule has 3 N–H and O–H groups in total. The highest BCUT2D eigenvalue weighted by molar-refractivity contribution is 5.99. The van der Waals surface area contributed by atoms with Crippen LogP contribution >= 0.6 is 0 Å². The largest absolute Gasteiger partial charge is 0.480 e. The van der Waals surface area contributed by atoms with Gasteiger partial charge in [-0.1, -0.05) is 12.1 Å². The molecule has 2 aromatic heterocycles. The van der Waals surface area contributed by atoms with Crippen molar-refractivity contribution in [1.82, 2.24) is 15.0 Å². The Labute approximate surface area is 184 Å². The summed E-state index contributed by atoms with van der Waals surface area (Å²) in [4.78, 5) is 37.3. The van der Waals surface area contributed by atoms with Crippen molar-refractivity contribution in [2.45, 2.75) is 37.9 Å². The molecule has 9 heteroatoms. The summed E-state index contributed by atoms with van der Waals surface area (Å²) in [5, 5.41) is 18.4. The predicted octanol–water partition coefficient (Wildman–Crippen LogP) is 2.93. The van der Waals surface area contributed by atoms with Crippen molar-refractivity contribution in [2.24, 2.45) is 5.41 Å². The van der Waals surface area contributed by atoms with Gasteiger partial charge in [-0.2, -0.15) is 0 Å². The van der Waals surface area contributed by atoms with Gasteiger partial charge in [0.15, 0.2) is 5.41 Å². The molecule has 1 aliphatic carbocycles. The molecule has 3 aromatic rings. The Bertz CT molecular complexity index is 1100. The quantitative estimate of drug-likeness (QED) is 0.503. The maximum Gasteiger partial charge on any atom is 0.321 e. The number of aromatic nitrogens is 3. The van der Waals surface area contributed by atoms with Crippen LogP contribution in [0.3, 0.4) is 0 Å². The molecule has 0 unspecified atom stereocenters. The van der Waals surface area contributed by atoms with Crippen LogP contribution in [0.4, 0.5) is 5.82 Å². The summed E-state index contributed by atoms with van der Waals surface area (Å²) in [7, 11) is 0. The number of aromatic amines is 1. The van der Waals surface area contributed by atoms with Gasteiger partial charge in [0.25, 0.3) is 0 Å². The Hall–Kier alpha value is -3.46. The van der Waals surface area contributed by atoms with Crippen LogP contribution in [-0.2, 0) is 14.3 Å². The van der Waals surface area contributed by atoms with E-state index in [1.54, 1.807) is 0 Å². The minimum absolute atomic E-state index is 0.00617. The van der Waals surface area contributed by atoms with Gasteiger partial charge in [0.05, 0.1) is 23.2 Å². The smallest absolute Gasteiger partial charge is 0.321 e. The Morgan fingerprint density at radius 2 is 1.75 bits per heavy atom. The van der Waals surface area contributed by atoms with E-state index in [9.17, 15) is 19.8 Å². The first kappa shape index (κ1) is 20.4. The third-order valence-corrected chi connectivity index (χ3v) is 6.53. The lowest BCUT2D eigenvalue weighted by Gasteiger charge is -2.43.